The van der Waals surface area contributed by atoms with Gasteiger partial charge in [-0.05, 0) is 36.6 Å². The highest BCUT2D eigenvalue weighted by Gasteiger charge is 2.13. The number of ether oxygens (including phenoxy) is 1. The summed E-state index contributed by atoms with van der Waals surface area (Å²) in [5.41, 5.74) is 7.83. The molecule has 0 heterocycles. The molecule has 0 aromatic heterocycles. The quantitative estimate of drug-likeness (QED) is 0.177. The number of nitrogens with two attached hydrogens (primary N) is 1. The Labute approximate surface area is 170 Å². The third-order valence-corrected chi connectivity index (χ3v) is 5.16. The van der Waals surface area contributed by atoms with Gasteiger partial charge < -0.3 is 10.5 Å². The lowest BCUT2D eigenvalue weighted by Crippen LogP contribution is -2.12. The molecular weight excluding hydrogens is 346 g/mol. The molecule has 2 aromatic carbocycles. The molecule has 0 amide bonds. The van der Waals surface area contributed by atoms with Gasteiger partial charge in [0, 0.05) is 5.69 Å². The Morgan fingerprint density at radius 3 is 2.04 bits per heavy atom. The fraction of sp³-hybridized carbons (Fsp3) is 0.480. The van der Waals surface area contributed by atoms with E-state index in [9.17, 15) is 4.79 Å². The van der Waals surface area contributed by atoms with Crippen LogP contribution in [0.4, 0.5) is 5.69 Å². The highest BCUT2D eigenvalue weighted by Crippen LogP contribution is 2.23. The monoisotopic (exact) mass is 381 g/mol. The Kier molecular flexibility index (Phi) is 10.2. The second kappa shape index (κ2) is 13.0. The average Bonchev–Trinajstić information content (AvgIpc) is 2.71. The summed E-state index contributed by atoms with van der Waals surface area (Å²) in [6.07, 6.45) is 14.1. The van der Waals surface area contributed by atoms with Crippen molar-refractivity contribution >= 4 is 11.7 Å². The number of nitrogen functional groups attached to an aromatic ring is 1. The van der Waals surface area contributed by atoms with Crippen molar-refractivity contribution in [1.82, 2.24) is 0 Å². The number of unbranched alkanes of at least 4 members (excludes halogenated alkanes) is 9. The van der Waals surface area contributed by atoms with Crippen LogP contribution in [-0.2, 0) is 6.42 Å². The number of carbonyl (C=O) groups excluding carboxylic acids is 1. The SMILES string of the molecule is CCCCCCCCCCCCc1ccccc1OC(=O)c1ccccc1N. The van der Waals surface area contributed by atoms with Crippen LogP contribution in [0.3, 0.4) is 0 Å². The largest absolute Gasteiger partial charge is 0.423 e. The minimum Gasteiger partial charge on any atom is -0.423 e. The molecule has 3 nitrogen and oxygen atoms in total. The maximum absolute atomic E-state index is 12.4. The van der Waals surface area contributed by atoms with Crippen molar-refractivity contribution in [2.45, 2.75) is 77.6 Å². The van der Waals surface area contributed by atoms with Gasteiger partial charge in [-0.15, -0.1) is 0 Å². The van der Waals surface area contributed by atoms with E-state index in [0.717, 1.165) is 18.4 Å². The van der Waals surface area contributed by atoms with Crippen LogP contribution in [0.1, 0.15) is 87.1 Å². The van der Waals surface area contributed by atoms with Crippen LogP contribution in [0.5, 0.6) is 5.75 Å². The van der Waals surface area contributed by atoms with E-state index >= 15 is 0 Å². The van der Waals surface area contributed by atoms with Crippen molar-refractivity contribution in [3.8, 4) is 5.75 Å². The van der Waals surface area contributed by atoms with E-state index in [-0.39, 0.29) is 0 Å². The fourth-order valence-corrected chi connectivity index (χ4v) is 3.45. The molecule has 152 valence electrons. The molecule has 2 rings (SSSR count). The smallest absolute Gasteiger partial charge is 0.345 e. The summed E-state index contributed by atoms with van der Waals surface area (Å²) >= 11 is 0. The Balaban J connectivity index is 1.72. The molecule has 0 aliphatic carbocycles. The number of esters is 1. The minimum absolute atomic E-state index is 0.395. The first-order valence-corrected chi connectivity index (χ1v) is 10.9. The number of para-hydroxylation sites is 2. The molecule has 0 aliphatic rings. The maximum Gasteiger partial charge on any atom is 0.345 e. The number of benzene rings is 2. The van der Waals surface area contributed by atoms with Crippen molar-refractivity contribution in [3.63, 3.8) is 0 Å². The van der Waals surface area contributed by atoms with E-state index in [0.29, 0.717) is 17.0 Å². The molecule has 0 spiro atoms. The third-order valence-electron chi connectivity index (χ3n) is 5.16. The standard InChI is InChI=1S/C25H35NO2/c1-2-3-4-5-6-7-8-9-10-11-16-21-17-12-15-20-24(21)28-25(27)22-18-13-14-19-23(22)26/h12-15,17-20H,2-11,16,26H2,1H3. The van der Waals surface area contributed by atoms with Gasteiger partial charge >= 0.3 is 5.97 Å². The van der Waals surface area contributed by atoms with Gasteiger partial charge in [0.25, 0.3) is 0 Å². The molecule has 0 bridgehead atoms. The van der Waals surface area contributed by atoms with Gasteiger partial charge in [-0.1, -0.05) is 95.0 Å². The zero-order chi connectivity index (χ0) is 20.0. The summed E-state index contributed by atoms with van der Waals surface area (Å²) in [4.78, 5) is 12.4. The molecule has 0 unspecified atom stereocenters. The van der Waals surface area contributed by atoms with E-state index in [4.69, 9.17) is 10.5 Å². The number of anilines is 1. The van der Waals surface area contributed by atoms with Gasteiger partial charge in [0.05, 0.1) is 5.56 Å². The van der Waals surface area contributed by atoms with Crippen molar-refractivity contribution < 1.29 is 9.53 Å². The number of hydrogen-bond donors (Lipinski definition) is 1. The molecule has 3 heteroatoms. The van der Waals surface area contributed by atoms with Gasteiger partial charge in [0.15, 0.2) is 0 Å². The molecule has 0 aliphatic heterocycles. The van der Waals surface area contributed by atoms with Crippen LogP contribution in [0.25, 0.3) is 0 Å². The van der Waals surface area contributed by atoms with E-state index in [2.05, 4.69) is 6.92 Å². The Morgan fingerprint density at radius 1 is 0.786 bits per heavy atom. The second-order valence-corrected chi connectivity index (χ2v) is 7.52. The van der Waals surface area contributed by atoms with Gasteiger partial charge in [-0.2, -0.15) is 0 Å². The Bertz CT molecular complexity index is 711. The summed E-state index contributed by atoms with van der Waals surface area (Å²) in [6, 6.07) is 14.8. The zero-order valence-corrected chi connectivity index (χ0v) is 17.3. The van der Waals surface area contributed by atoms with Crippen LogP contribution >= 0.6 is 0 Å². The predicted molar refractivity (Wildman–Crippen MR) is 118 cm³/mol. The highest BCUT2D eigenvalue weighted by molar-refractivity contribution is 5.96. The predicted octanol–water partition coefficient (Wildman–Crippen LogP) is 6.95. The van der Waals surface area contributed by atoms with Crippen molar-refractivity contribution in [1.29, 1.82) is 0 Å². The van der Waals surface area contributed by atoms with Crippen LogP contribution in [0.2, 0.25) is 0 Å². The van der Waals surface area contributed by atoms with Crippen LogP contribution in [0, 0.1) is 0 Å². The third kappa shape index (κ3) is 7.75. The Morgan fingerprint density at radius 2 is 1.36 bits per heavy atom. The van der Waals surface area contributed by atoms with Gasteiger partial charge in [0.2, 0.25) is 0 Å². The molecule has 2 N–H and O–H groups in total. The summed E-state index contributed by atoms with van der Waals surface area (Å²) < 4.78 is 5.64. The Hall–Kier alpha value is -2.29. The van der Waals surface area contributed by atoms with Crippen LogP contribution in [0.15, 0.2) is 48.5 Å². The lowest BCUT2D eigenvalue weighted by atomic mass is 10.0. The second-order valence-electron chi connectivity index (χ2n) is 7.52. The normalized spacial score (nSPS) is 10.8. The van der Waals surface area contributed by atoms with Crippen LogP contribution in [-0.4, -0.2) is 5.97 Å². The minimum atomic E-state index is -0.395. The molecular formula is C25H35NO2. The first kappa shape index (κ1) is 22.0. The first-order chi connectivity index (χ1) is 13.7. The number of hydrogen-bond acceptors (Lipinski definition) is 3. The number of carbonyl (C=O) groups is 1. The molecule has 0 fully saturated rings. The molecule has 2 aromatic rings. The van der Waals surface area contributed by atoms with E-state index in [1.807, 2.05) is 30.3 Å². The fourth-order valence-electron chi connectivity index (χ4n) is 3.45. The molecule has 0 atom stereocenters. The lowest BCUT2D eigenvalue weighted by molar-refractivity contribution is 0.0734. The molecule has 0 radical (unpaired) electrons. The summed E-state index contributed by atoms with van der Waals surface area (Å²) in [7, 11) is 0. The van der Waals surface area contributed by atoms with Crippen molar-refractivity contribution in [2.24, 2.45) is 0 Å². The van der Waals surface area contributed by atoms with E-state index in [1.54, 1.807) is 18.2 Å². The molecule has 0 saturated heterocycles. The van der Waals surface area contributed by atoms with Gasteiger partial charge in [-0.25, -0.2) is 4.79 Å². The zero-order valence-electron chi connectivity index (χ0n) is 17.3. The van der Waals surface area contributed by atoms with Crippen molar-refractivity contribution in [2.75, 3.05) is 5.73 Å². The van der Waals surface area contributed by atoms with E-state index < -0.39 is 5.97 Å². The molecule has 28 heavy (non-hydrogen) atoms. The summed E-state index contributed by atoms with van der Waals surface area (Å²) in [5.74, 6) is 0.250. The van der Waals surface area contributed by atoms with Gasteiger partial charge in [-0.3, -0.25) is 0 Å². The molecule has 0 saturated carbocycles. The van der Waals surface area contributed by atoms with Crippen molar-refractivity contribution in [3.05, 3.63) is 59.7 Å². The summed E-state index contributed by atoms with van der Waals surface area (Å²) in [6.45, 7) is 2.26. The highest BCUT2D eigenvalue weighted by atomic mass is 16.5. The number of aryl methyl sites for hydroxylation is 1. The first-order valence-electron chi connectivity index (χ1n) is 10.9. The van der Waals surface area contributed by atoms with Gasteiger partial charge in [0.1, 0.15) is 5.75 Å². The van der Waals surface area contributed by atoms with Crippen LogP contribution < -0.4 is 10.5 Å². The summed E-state index contributed by atoms with van der Waals surface area (Å²) in [5, 5.41) is 0. The lowest BCUT2D eigenvalue weighted by Gasteiger charge is -2.11. The average molecular weight is 382 g/mol. The van der Waals surface area contributed by atoms with E-state index in [1.165, 1.54) is 57.8 Å². The topological polar surface area (TPSA) is 52.3 Å². The number of rotatable bonds is 13. The maximum atomic E-state index is 12.4.